The van der Waals surface area contributed by atoms with Crippen LogP contribution in [0.1, 0.15) is 26.7 Å². The van der Waals surface area contributed by atoms with E-state index in [-0.39, 0.29) is 26.1 Å². The maximum atomic E-state index is 10.7. The molecule has 0 N–H and O–H groups in total. The molecule has 9 heteroatoms. The zero-order valence-corrected chi connectivity index (χ0v) is 13.7. The quantitative estimate of drug-likeness (QED) is 0.438. The molecule has 0 aromatic heterocycles. The van der Waals surface area contributed by atoms with Gasteiger partial charge < -0.3 is 18.5 Å². The molecule has 2 atom stereocenters. The van der Waals surface area contributed by atoms with E-state index in [2.05, 4.69) is 0 Å². The van der Waals surface area contributed by atoms with Gasteiger partial charge in [-0.15, -0.1) is 0 Å². The molecule has 22 heavy (non-hydrogen) atoms. The number of nitrogens with zero attached hydrogens (tertiary/aromatic N) is 2. The molecule has 0 aliphatic heterocycles. The minimum Gasteiger partial charge on any atom is -0.447 e. The molecule has 0 rings (SSSR count). The van der Waals surface area contributed by atoms with Crippen LogP contribution in [0.25, 0.3) is 0 Å². The molecule has 0 saturated heterocycles. The van der Waals surface area contributed by atoms with Crippen molar-refractivity contribution in [3.05, 3.63) is 0 Å². The lowest BCUT2D eigenvalue weighted by Gasteiger charge is -2.15. The Bertz CT molecular complexity index is 405. The highest BCUT2D eigenvalue weighted by Gasteiger charge is 2.14. The number of esters is 2. The van der Waals surface area contributed by atoms with Crippen LogP contribution in [0.5, 0.6) is 0 Å². The Morgan fingerprint density at radius 2 is 1.32 bits per heavy atom. The van der Waals surface area contributed by atoms with E-state index in [1.165, 1.54) is 13.8 Å². The number of hydrogen-bond acceptors (Lipinski definition) is 8. The molecule has 0 aliphatic carbocycles. The normalized spacial score (nSPS) is 14.0. The van der Waals surface area contributed by atoms with Crippen molar-refractivity contribution in [2.24, 2.45) is 0 Å². The van der Waals surface area contributed by atoms with Crippen LogP contribution in [0.4, 0.5) is 0 Å². The van der Waals surface area contributed by atoms with Gasteiger partial charge in [-0.05, 0) is 0 Å². The monoisotopic (exact) mass is 330 g/mol. The third kappa shape index (κ3) is 11.0. The highest BCUT2D eigenvalue weighted by molar-refractivity contribution is 7.46. The largest absolute Gasteiger partial charge is 0.447 e. The zero-order chi connectivity index (χ0) is 17.0. The second-order valence-corrected chi connectivity index (χ2v) is 5.53. The summed E-state index contributed by atoms with van der Waals surface area (Å²) in [5.41, 5.74) is 0. The Kier molecular flexibility index (Phi) is 10.9. The molecule has 0 fully saturated rings. The van der Waals surface area contributed by atoms with E-state index in [9.17, 15) is 9.59 Å². The van der Waals surface area contributed by atoms with Crippen molar-refractivity contribution in [2.45, 2.75) is 38.9 Å². The lowest BCUT2D eigenvalue weighted by atomic mass is 10.3. The van der Waals surface area contributed by atoms with Gasteiger partial charge in [-0.2, -0.15) is 10.5 Å². The SMILES string of the molecule is CC(=O)OC(C#N)CCOP(C)OCCC(C#N)OC(C)=O. The lowest BCUT2D eigenvalue weighted by Crippen LogP contribution is -2.17. The second kappa shape index (κ2) is 11.9. The predicted molar refractivity (Wildman–Crippen MR) is 76.3 cm³/mol. The molecule has 0 saturated carbocycles. The smallest absolute Gasteiger partial charge is 0.303 e. The van der Waals surface area contributed by atoms with E-state index in [0.717, 1.165) is 0 Å². The molecule has 0 aromatic rings. The second-order valence-electron chi connectivity index (χ2n) is 4.14. The van der Waals surface area contributed by atoms with Crippen LogP contribution in [-0.2, 0) is 28.1 Å². The van der Waals surface area contributed by atoms with Gasteiger partial charge in [0, 0.05) is 33.4 Å². The van der Waals surface area contributed by atoms with Crippen LogP contribution in [-0.4, -0.2) is 44.0 Å². The fourth-order valence-corrected chi connectivity index (χ4v) is 2.11. The summed E-state index contributed by atoms with van der Waals surface area (Å²) < 4.78 is 20.2. The predicted octanol–water partition coefficient (Wildman–Crippen LogP) is 1.65. The molecule has 0 radical (unpaired) electrons. The topological polar surface area (TPSA) is 119 Å². The number of rotatable bonds is 10. The van der Waals surface area contributed by atoms with Crippen molar-refractivity contribution >= 4 is 20.3 Å². The van der Waals surface area contributed by atoms with Gasteiger partial charge in [0.15, 0.2) is 20.6 Å². The summed E-state index contributed by atoms with van der Waals surface area (Å²) in [6.45, 7) is 4.60. The number of nitriles is 2. The van der Waals surface area contributed by atoms with Crippen molar-refractivity contribution < 1.29 is 28.1 Å². The maximum absolute atomic E-state index is 10.7. The molecule has 8 nitrogen and oxygen atoms in total. The van der Waals surface area contributed by atoms with Crippen molar-refractivity contribution in [3.63, 3.8) is 0 Å². The summed E-state index contributed by atoms with van der Waals surface area (Å²) in [7, 11) is -1.19. The first kappa shape index (κ1) is 20.3. The van der Waals surface area contributed by atoms with E-state index in [4.69, 9.17) is 29.0 Å². The summed E-state index contributed by atoms with van der Waals surface area (Å²) in [6.07, 6.45) is -1.18. The fourth-order valence-electron chi connectivity index (χ4n) is 1.31. The Balaban J connectivity index is 3.84. The van der Waals surface area contributed by atoms with Crippen LogP contribution in [0.3, 0.4) is 0 Å². The van der Waals surface area contributed by atoms with Crippen molar-refractivity contribution in [2.75, 3.05) is 19.9 Å². The first-order valence-corrected chi connectivity index (χ1v) is 8.14. The number of carbonyl (C=O) groups excluding carboxylic acids is 2. The first-order valence-electron chi connectivity index (χ1n) is 6.52. The van der Waals surface area contributed by atoms with Gasteiger partial charge >= 0.3 is 11.9 Å². The summed E-state index contributed by atoms with van der Waals surface area (Å²) in [5, 5.41) is 17.5. The van der Waals surface area contributed by atoms with Gasteiger partial charge in [0.2, 0.25) is 0 Å². The number of carbonyl (C=O) groups is 2. The van der Waals surface area contributed by atoms with E-state index in [0.29, 0.717) is 0 Å². The summed E-state index contributed by atoms with van der Waals surface area (Å²) in [6, 6.07) is 3.70. The average molecular weight is 330 g/mol. The minimum absolute atomic E-state index is 0.208. The van der Waals surface area contributed by atoms with Crippen LogP contribution < -0.4 is 0 Å². The fraction of sp³-hybridized carbons (Fsp3) is 0.692. The molecule has 0 heterocycles. The molecule has 0 aliphatic rings. The Hall–Kier alpha value is -1.73. The lowest BCUT2D eigenvalue weighted by molar-refractivity contribution is -0.145. The average Bonchev–Trinajstić information content (AvgIpc) is 2.44. The van der Waals surface area contributed by atoms with E-state index in [1.54, 1.807) is 6.66 Å². The van der Waals surface area contributed by atoms with Crippen molar-refractivity contribution in [1.82, 2.24) is 0 Å². The zero-order valence-electron chi connectivity index (χ0n) is 12.8. The van der Waals surface area contributed by atoms with Crippen molar-refractivity contribution in [1.29, 1.82) is 10.5 Å². The van der Waals surface area contributed by atoms with Gasteiger partial charge in [0.25, 0.3) is 0 Å². The Morgan fingerprint density at radius 3 is 1.59 bits per heavy atom. The molecular formula is C13H19N2O6P. The highest BCUT2D eigenvalue weighted by Crippen LogP contribution is 2.33. The van der Waals surface area contributed by atoms with Crippen LogP contribution in [0.2, 0.25) is 0 Å². The highest BCUT2D eigenvalue weighted by atomic mass is 31.2. The van der Waals surface area contributed by atoms with E-state index < -0.39 is 32.5 Å². The molecule has 0 aromatic carbocycles. The van der Waals surface area contributed by atoms with Crippen LogP contribution in [0, 0.1) is 22.7 Å². The third-order valence-corrected chi connectivity index (χ3v) is 3.30. The Morgan fingerprint density at radius 1 is 0.955 bits per heavy atom. The van der Waals surface area contributed by atoms with Crippen LogP contribution in [0.15, 0.2) is 0 Å². The third-order valence-electron chi connectivity index (χ3n) is 2.21. The minimum atomic E-state index is -1.19. The summed E-state index contributed by atoms with van der Waals surface area (Å²) >= 11 is 0. The summed E-state index contributed by atoms with van der Waals surface area (Å²) in [4.78, 5) is 21.4. The number of hydrogen-bond donors (Lipinski definition) is 0. The van der Waals surface area contributed by atoms with Gasteiger partial charge in [-0.25, -0.2) is 0 Å². The number of ether oxygens (including phenoxy) is 2. The molecule has 2 unspecified atom stereocenters. The maximum Gasteiger partial charge on any atom is 0.303 e. The molecular weight excluding hydrogens is 311 g/mol. The standard InChI is InChI=1S/C13H19N2O6P/c1-10(16)20-12(8-14)4-6-18-22(3)19-7-5-13(9-15)21-11(2)17/h12-13H,4-7H2,1-3H3. The molecule has 0 amide bonds. The molecule has 122 valence electrons. The van der Waals surface area contributed by atoms with Crippen LogP contribution >= 0.6 is 8.38 Å². The van der Waals surface area contributed by atoms with Gasteiger partial charge in [-0.3, -0.25) is 9.59 Å². The van der Waals surface area contributed by atoms with Gasteiger partial charge in [0.05, 0.1) is 13.2 Å². The Labute approximate surface area is 130 Å². The van der Waals surface area contributed by atoms with Gasteiger partial charge in [-0.1, -0.05) is 0 Å². The van der Waals surface area contributed by atoms with E-state index in [1.807, 2.05) is 12.1 Å². The summed E-state index contributed by atoms with van der Waals surface area (Å²) in [5.74, 6) is -1.04. The molecule has 0 spiro atoms. The van der Waals surface area contributed by atoms with Crippen molar-refractivity contribution in [3.8, 4) is 12.1 Å². The molecule has 0 bridgehead atoms. The first-order chi connectivity index (χ1) is 10.4. The van der Waals surface area contributed by atoms with Gasteiger partial charge in [0.1, 0.15) is 12.1 Å². The van der Waals surface area contributed by atoms with E-state index >= 15 is 0 Å².